The molecule has 2 aromatic carbocycles. The Morgan fingerprint density at radius 3 is 2.08 bits per heavy atom. The molecule has 0 aliphatic rings. The van der Waals surface area contributed by atoms with Crippen LogP contribution in [0.25, 0.3) is 0 Å². The molecular weight excluding hydrogens is 488 g/mol. The van der Waals surface area contributed by atoms with Crippen molar-refractivity contribution in [1.29, 1.82) is 0 Å². The molecular formula is C30H41ClN2O4. The Hall–Kier alpha value is -2.86. The van der Waals surface area contributed by atoms with E-state index in [1.54, 1.807) is 48.7 Å². The Kier molecular flexibility index (Phi) is 15.1. The average molecular weight is 529 g/mol. The molecule has 0 aliphatic heterocycles. The van der Waals surface area contributed by atoms with Crippen LogP contribution in [0.4, 0.5) is 0 Å². The van der Waals surface area contributed by atoms with Crippen molar-refractivity contribution in [2.45, 2.75) is 90.9 Å². The first-order chi connectivity index (χ1) is 18.0. The molecule has 0 fully saturated rings. The van der Waals surface area contributed by atoms with Crippen molar-refractivity contribution < 1.29 is 19.1 Å². The lowest BCUT2D eigenvalue weighted by molar-refractivity contribution is -0.121. The number of carbonyl (C=O) groups excluding carboxylic acids is 2. The van der Waals surface area contributed by atoms with Gasteiger partial charge in [0.15, 0.2) is 11.5 Å². The van der Waals surface area contributed by atoms with E-state index in [4.69, 9.17) is 21.1 Å². The summed E-state index contributed by atoms with van der Waals surface area (Å²) in [6, 6.07) is 11.6. The lowest BCUT2D eigenvalue weighted by Crippen LogP contribution is -2.16. The van der Waals surface area contributed by atoms with E-state index in [2.05, 4.69) is 17.5 Å². The highest BCUT2D eigenvalue weighted by molar-refractivity contribution is 6.30. The molecule has 0 saturated carbocycles. The zero-order valence-corrected chi connectivity index (χ0v) is 23.0. The van der Waals surface area contributed by atoms with Crippen molar-refractivity contribution in [2.75, 3.05) is 6.61 Å². The number of nitrogens with zero attached hydrogens (tertiary/aromatic N) is 1. The molecule has 0 unspecified atom stereocenters. The fourth-order valence-electron chi connectivity index (χ4n) is 3.89. The molecule has 0 spiro atoms. The standard InChI is InChI=1S/C30H41ClN2O4/c1-3-5-6-7-8-9-10-11-12-13-14-15-29(34)33-32-23-24-16-21-27(28(22-24)36-4-2)37-30(35)25-17-19-26(31)20-18-25/h16-23H,3-15H2,1-2H3,(H,33,34). The van der Waals surface area contributed by atoms with Crippen molar-refractivity contribution >= 4 is 29.7 Å². The van der Waals surface area contributed by atoms with Crippen LogP contribution in [-0.4, -0.2) is 24.7 Å². The van der Waals surface area contributed by atoms with Gasteiger partial charge in [-0.15, -0.1) is 0 Å². The molecule has 2 rings (SSSR count). The number of hydrazone groups is 1. The Balaban J connectivity index is 1.70. The van der Waals surface area contributed by atoms with Crippen LogP contribution in [0, 0.1) is 0 Å². The summed E-state index contributed by atoms with van der Waals surface area (Å²) >= 11 is 5.88. The highest BCUT2D eigenvalue weighted by Crippen LogP contribution is 2.29. The van der Waals surface area contributed by atoms with Crippen LogP contribution in [0.5, 0.6) is 11.5 Å². The molecule has 6 nitrogen and oxygen atoms in total. The van der Waals surface area contributed by atoms with Gasteiger partial charge in [-0.25, -0.2) is 10.2 Å². The van der Waals surface area contributed by atoms with E-state index in [-0.39, 0.29) is 5.91 Å². The van der Waals surface area contributed by atoms with Gasteiger partial charge in [0, 0.05) is 11.4 Å². The van der Waals surface area contributed by atoms with Gasteiger partial charge in [-0.2, -0.15) is 5.10 Å². The minimum atomic E-state index is -0.506. The fraction of sp³-hybridized carbons (Fsp3) is 0.500. The van der Waals surface area contributed by atoms with E-state index in [9.17, 15) is 9.59 Å². The van der Waals surface area contributed by atoms with E-state index >= 15 is 0 Å². The second-order valence-corrected chi connectivity index (χ2v) is 9.55. The molecule has 0 aromatic heterocycles. The number of benzene rings is 2. The molecule has 0 saturated heterocycles. The number of nitrogens with one attached hydrogen (secondary N) is 1. The summed E-state index contributed by atoms with van der Waals surface area (Å²) in [5, 5.41) is 4.60. The minimum Gasteiger partial charge on any atom is -0.490 e. The largest absolute Gasteiger partial charge is 0.490 e. The van der Waals surface area contributed by atoms with Crippen molar-refractivity contribution in [1.82, 2.24) is 5.43 Å². The summed E-state index contributed by atoms with van der Waals surface area (Å²) in [7, 11) is 0. The second-order valence-electron chi connectivity index (χ2n) is 9.11. The van der Waals surface area contributed by atoms with Crippen LogP contribution in [0.1, 0.15) is 107 Å². The van der Waals surface area contributed by atoms with E-state index in [1.165, 1.54) is 57.8 Å². The first kappa shape index (κ1) is 30.4. The Bertz CT molecular complexity index is 976. The van der Waals surface area contributed by atoms with Crippen LogP contribution < -0.4 is 14.9 Å². The van der Waals surface area contributed by atoms with Crippen LogP contribution in [0.15, 0.2) is 47.6 Å². The van der Waals surface area contributed by atoms with Gasteiger partial charge < -0.3 is 9.47 Å². The van der Waals surface area contributed by atoms with Gasteiger partial charge in [0.05, 0.1) is 18.4 Å². The third-order valence-corrected chi connectivity index (χ3v) is 6.21. The molecule has 202 valence electrons. The van der Waals surface area contributed by atoms with E-state index < -0.39 is 5.97 Å². The number of ether oxygens (including phenoxy) is 2. The molecule has 0 atom stereocenters. The fourth-order valence-corrected chi connectivity index (χ4v) is 4.01. The topological polar surface area (TPSA) is 77.0 Å². The molecule has 0 radical (unpaired) electrons. The zero-order chi connectivity index (χ0) is 26.7. The molecule has 0 aliphatic carbocycles. The number of hydrogen-bond donors (Lipinski definition) is 1. The summed E-state index contributed by atoms with van der Waals surface area (Å²) in [6.45, 7) is 4.50. The van der Waals surface area contributed by atoms with E-state index in [1.807, 2.05) is 6.92 Å². The third kappa shape index (κ3) is 12.8. The Labute approximate surface area is 226 Å². The van der Waals surface area contributed by atoms with Gasteiger partial charge in [0.2, 0.25) is 5.91 Å². The van der Waals surface area contributed by atoms with Gasteiger partial charge in [-0.1, -0.05) is 82.7 Å². The number of esters is 1. The molecule has 1 N–H and O–H groups in total. The Morgan fingerprint density at radius 1 is 0.838 bits per heavy atom. The van der Waals surface area contributed by atoms with Gasteiger partial charge in [-0.05, 0) is 61.4 Å². The van der Waals surface area contributed by atoms with Gasteiger partial charge in [0.1, 0.15) is 0 Å². The number of hydrogen-bond acceptors (Lipinski definition) is 5. The van der Waals surface area contributed by atoms with Gasteiger partial charge in [0.25, 0.3) is 0 Å². The highest BCUT2D eigenvalue weighted by atomic mass is 35.5. The molecule has 1 amide bonds. The lowest BCUT2D eigenvalue weighted by Gasteiger charge is -2.11. The maximum absolute atomic E-state index is 12.4. The zero-order valence-electron chi connectivity index (χ0n) is 22.3. The summed E-state index contributed by atoms with van der Waals surface area (Å²) < 4.78 is 11.1. The molecule has 7 heteroatoms. The molecule has 2 aromatic rings. The van der Waals surface area contributed by atoms with Crippen molar-refractivity contribution in [3.8, 4) is 11.5 Å². The number of halogens is 1. The molecule has 37 heavy (non-hydrogen) atoms. The average Bonchev–Trinajstić information content (AvgIpc) is 2.89. The highest BCUT2D eigenvalue weighted by Gasteiger charge is 2.13. The molecule has 0 heterocycles. The van der Waals surface area contributed by atoms with Crippen molar-refractivity contribution in [2.24, 2.45) is 5.10 Å². The van der Waals surface area contributed by atoms with Gasteiger partial charge in [-0.3, -0.25) is 4.79 Å². The number of carbonyl (C=O) groups is 2. The lowest BCUT2D eigenvalue weighted by atomic mass is 10.1. The maximum Gasteiger partial charge on any atom is 0.343 e. The number of rotatable bonds is 18. The normalized spacial score (nSPS) is 11.0. The quantitative estimate of drug-likeness (QED) is 0.0696. The monoisotopic (exact) mass is 528 g/mol. The third-order valence-electron chi connectivity index (χ3n) is 5.96. The minimum absolute atomic E-state index is 0.0919. The summed E-state index contributed by atoms with van der Waals surface area (Å²) in [5.41, 5.74) is 3.68. The van der Waals surface area contributed by atoms with Crippen molar-refractivity contribution in [3.05, 3.63) is 58.6 Å². The summed E-state index contributed by atoms with van der Waals surface area (Å²) in [6.07, 6.45) is 15.8. The predicted octanol–water partition coefficient (Wildman–Crippen LogP) is 8.11. The van der Waals surface area contributed by atoms with E-state index in [0.717, 1.165) is 12.8 Å². The Morgan fingerprint density at radius 2 is 1.46 bits per heavy atom. The first-order valence-electron chi connectivity index (χ1n) is 13.6. The maximum atomic E-state index is 12.4. The van der Waals surface area contributed by atoms with Crippen molar-refractivity contribution in [3.63, 3.8) is 0 Å². The number of amides is 1. The van der Waals surface area contributed by atoms with Crippen LogP contribution in [0.3, 0.4) is 0 Å². The SMILES string of the molecule is CCCCCCCCCCCCCC(=O)NN=Cc1ccc(OC(=O)c2ccc(Cl)cc2)c(OCC)c1. The smallest absolute Gasteiger partial charge is 0.343 e. The second kappa shape index (κ2) is 18.4. The van der Waals surface area contributed by atoms with Crippen LogP contribution >= 0.6 is 11.6 Å². The van der Waals surface area contributed by atoms with E-state index in [0.29, 0.717) is 40.7 Å². The van der Waals surface area contributed by atoms with Crippen LogP contribution in [-0.2, 0) is 4.79 Å². The number of unbranched alkanes of at least 4 members (excludes halogenated alkanes) is 10. The summed E-state index contributed by atoms with van der Waals surface area (Å²) in [5.74, 6) is 0.125. The summed E-state index contributed by atoms with van der Waals surface area (Å²) in [4.78, 5) is 24.5. The van der Waals surface area contributed by atoms with Gasteiger partial charge >= 0.3 is 5.97 Å². The predicted molar refractivity (Wildman–Crippen MR) is 151 cm³/mol. The molecule has 0 bridgehead atoms. The van der Waals surface area contributed by atoms with Crippen LogP contribution in [0.2, 0.25) is 5.02 Å². The first-order valence-corrected chi connectivity index (χ1v) is 14.0.